The molecule has 0 unspecified atom stereocenters. The number of amides is 1. The summed E-state index contributed by atoms with van der Waals surface area (Å²) in [5, 5.41) is 12.0. The molecular weight excluding hydrogens is 224 g/mol. The number of halogens is 1. The quantitative estimate of drug-likeness (QED) is 0.873. The molecule has 0 heterocycles. The predicted octanol–water partition coefficient (Wildman–Crippen LogP) is 2.36. The molecule has 3 nitrogen and oxygen atoms in total. The molecule has 16 heavy (non-hydrogen) atoms. The number of carbonyl (C=O) groups is 1. The molecule has 1 aromatic carbocycles. The molecular formula is C12H11ClN2O. The summed E-state index contributed by atoms with van der Waals surface area (Å²) < 4.78 is 0. The fourth-order valence-corrected chi connectivity index (χ4v) is 1.89. The van der Waals surface area contributed by atoms with Crippen LogP contribution in [0.15, 0.2) is 24.3 Å². The third-order valence-electron chi connectivity index (χ3n) is 2.77. The van der Waals surface area contributed by atoms with Crippen LogP contribution in [0.2, 0.25) is 5.02 Å². The molecule has 1 fully saturated rings. The molecule has 0 atom stereocenters. The Morgan fingerprint density at radius 2 is 2.06 bits per heavy atom. The van der Waals surface area contributed by atoms with Gasteiger partial charge in [0.05, 0.1) is 11.6 Å². The topological polar surface area (TPSA) is 52.9 Å². The van der Waals surface area contributed by atoms with Gasteiger partial charge in [-0.1, -0.05) is 23.7 Å². The van der Waals surface area contributed by atoms with Crippen molar-refractivity contribution in [2.75, 3.05) is 0 Å². The summed E-state index contributed by atoms with van der Waals surface area (Å²) in [5.74, 6) is -0.213. The number of nitriles is 1. The summed E-state index contributed by atoms with van der Waals surface area (Å²) in [4.78, 5) is 11.4. The lowest BCUT2D eigenvalue weighted by molar-refractivity contribution is -0.121. The van der Waals surface area contributed by atoms with E-state index in [0.717, 1.165) is 18.4 Å². The summed E-state index contributed by atoms with van der Waals surface area (Å²) in [6.07, 6.45) is 1.76. The average Bonchev–Trinajstić information content (AvgIpc) is 3.00. The largest absolute Gasteiger partial charge is 0.346 e. The van der Waals surface area contributed by atoms with Crippen LogP contribution in [0.3, 0.4) is 0 Å². The first kappa shape index (κ1) is 11.0. The van der Waals surface area contributed by atoms with Crippen molar-refractivity contribution >= 4 is 17.5 Å². The number of nitrogens with zero attached hydrogens (tertiary/aromatic N) is 1. The molecule has 0 saturated heterocycles. The second-order valence-electron chi connectivity index (χ2n) is 3.97. The normalized spacial score (nSPS) is 16.2. The third kappa shape index (κ3) is 2.17. The first-order valence-corrected chi connectivity index (χ1v) is 5.48. The van der Waals surface area contributed by atoms with Gasteiger partial charge in [-0.15, -0.1) is 0 Å². The van der Waals surface area contributed by atoms with Gasteiger partial charge in [0.2, 0.25) is 5.91 Å². The molecule has 0 radical (unpaired) electrons. The number of hydrogen-bond donors (Lipinski definition) is 1. The van der Waals surface area contributed by atoms with E-state index in [4.69, 9.17) is 16.9 Å². The predicted molar refractivity (Wildman–Crippen MR) is 60.7 cm³/mol. The Labute approximate surface area is 99.0 Å². The molecule has 1 saturated carbocycles. The molecule has 1 aliphatic carbocycles. The van der Waals surface area contributed by atoms with E-state index in [-0.39, 0.29) is 17.9 Å². The summed E-state index contributed by atoms with van der Waals surface area (Å²) in [7, 11) is 0. The SMILES string of the molecule is N#CCC(=O)NC1(c2ccc(Cl)cc2)CC1. The number of hydrogen-bond acceptors (Lipinski definition) is 2. The lowest BCUT2D eigenvalue weighted by Crippen LogP contribution is -2.34. The highest BCUT2D eigenvalue weighted by Crippen LogP contribution is 2.45. The van der Waals surface area contributed by atoms with E-state index in [2.05, 4.69) is 5.32 Å². The highest BCUT2D eigenvalue weighted by Gasteiger charge is 2.45. The summed E-state index contributed by atoms with van der Waals surface area (Å²) in [6, 6.07) is 9.31. The van der Waals surface area contributed by atoms with Crippen molar-refractivity contribution in [3.63, 3.8) is 0 Å². The number of nitrogens with one attached hydrogen (secondary N) is 1. The molecule has 1 aliphatic rings. The highest BCUT2D eigenvalue weighted by atomic mass is 35.5. The molecule has 82 valence electrons. The fraction of sp³-hybridized carbons (Fsp3) is 0.333. The second kappa shape index (κ2) is 4.15. The Balaban J connectivity index is 2.11. The number of rotatable bonds is 3. The van der Waals surface area contributed by atoms with Gasteiger partial charge in [0.1, 0.15) is 6.42 Å². The van der Waals surface area contributed by atoms with Gasteiger partial charge in [0, 0.05) is 5.02 Å². The van der Waals surface area contributed by atoms with Gasteiger partial charge in [-0.25, -0.2) is 0 Å². The standard InChI is InChI=1S/C12H11ClN2O/c13-10-3-1-9(2-4-10)12(6-7-12)15-11(16)5-8-14/h1-4H,5-7H2,(H,15,16). The van der Waals surface area contributed by atoms with Crippen molar-refractivity contribution < 1.29 is 4.79 Å². The second-order valence-corrected chi connectivity index (χ2v) is 4.41. The average molecular weight is 235 g/mol. The van der Waals surface area contributed by atoms with E-state index >= 15 is 0 Å². The van der Waals surface area contributed by atoms with E-state index in [9.17, 15) is 4.79 Å². The maximum Gasteiger partial charge on any atom is 0.234 e. The Hall–Kier alpha value is -1.53. The molecule has 1 N–H and O–H groups in total. The zero-order valence-electron chi connectivity index (χ0n) is 8.66. The fourth-order valence-electron chi connectivity index (χ4n) is 1.76. The van der Waals surface area contributed by atoms with Crippen molar-refractivity contribution in [2.24, 2.45) is 0 Å². The highest BCUT2D eigenvalue weighted by molar-refractivity contribution is 6.30. The van der Waals surface area contributed by atoms with Crippen LogP contribution in [0, 0.1) is 11.3 Å². The van der Waals surface area contributed by atoms with Crippen LogP contribution in [-0.2, 0) is 10.3 Å². The lowest BCUT2D eigenvalue weighted by atomic mass is 10.0. The minimum absolute atomic E-state index is 0.0880. The molecule has 0 aliphatic heterocycles. The third-order valence-corrected chi connectivity index (χ3v) is 3.02. The van der Waals surface area contributed by atoms with Crippen LogP contribution in [0.5, 0.6) is 0 Å². The molecule has 4 heteroatoms. The van der Waals surface area contributed by atoms with Crippen LogP contribution in [0.1, 0.15) is 24.8 Å². The van der Waals surface area contributed by atoms with Gasteiger partial charge in [-0.05, 0) is 30.5 Å². The molecule has 0 aromatic heterocycles. The van der Waals surface area contributed by atoms with Crippen LogP contribution in [-0.4, -0.2) is 5.91 Å². The van der Waals surface area contributed by atoms with E-state index in [0.29, 0.717) is 5.02 Å². The van der Waals surface area contributed by atoms with Crippen LogP contribution >= 0.6 is 11.6 Å². The van der Waals surface area contributed by atoms with Gasteiger partial charge >= 0.3 is 0 Å². The van der Waals surface area contributed by atoms with Crippen LogP contribution in [0.4, 0.5) is 0 Å². The monoisotopic (exact) mass is 234 g/mol. The van der Waals surface area contributed by atoms with Crippen molar-refractivity contribution in [3.05, 3.63) is 34.9 Å². The first-order chi connectivity index (χ1) is 7.66. The Morgan fingerprint density at radius 1 is 1.44 bits per heavy atom. The van der Waals surface area contributed by atoms with E-state index in [1.54, 1.807) is 0 Å². The molecule has 2 rings (SSSR count). The maximum absolute atomic E-state index is 11.4. The van der Waals surface area contributed by atoms with Gasteiger partial charge in [0.25, 0.3) is 0 Å². The molecule has 0 spiro atoms. The first-order valence-electron chi connectivity index (χ1n) is 5.10. The Kier molecular flexibility index (Phi) is 2.84. The lowest BCUT2D eigenvalue weighted by Gasteiger charge is -2.17. The Morgan fingerprint density at radius 3 is 2.56 bits per heavy atom. The van der Waals surface area contributed by atoms with Gasteiger partial charge in [-0.2, -0.15) is 5.26 Å². The summed E-state index contributed by atoms with van der Waals surface area (Å²) >= 11 is 5.81. The van der Waals surface area contributed by atoms with Crippen molar-refractivity contribution in [1.82, 2.24) is 5.32 Å². The smallest absolute Gasteiger partial charge is 0.234 e. The van der Waals surface area contributed by atoms with E-state index in [1.165, 1.54) is 0 Å². The molecule has 1 amide bonds. The zero-order valence-corrected chi connectivity index (χ0v) is 9.42. The summed E-state index contributed by atoms with van der Waals surface area (Å²) in [6.45, 7) is 0. The van der Waals surface area contributed by atoms with Gasteiger partial charge < -0.3 is 5.32 Å². The maximum atomic E-state index is 11.4. The van der Waals surface area contributed by atoms with Gasteiger partial charge in [0.15, 0.2) is 0 Å². The van der Waals surface area contributed by atoms with E-state index in [1.807, 2.05) is 30.3 Å². The number of carbonyl (C=O) groups excluding carboxylic acids is 1. The van der Waals surface area contributed by atoms with Crippen LogP contribution < -0.4 is 5.32 Å². The van der Waals surface area contributed by atoms with E-state index < -0.39 is 0 Å². The zero-order chi connectivity index (χ0) is 11.6. The molecule has 1 aromatic rings. The van der Waals surface area contributed by atoms with Crippen molar-refractivity contribution in [2.45, 2.75) is 24.8 Å². The molecule has 0 bridgehead atoms. The van der Waals surface area contributed by atoms with Crippen molar-refractivity contribution in [3.8, 4) is 6.07 Å². The van der Waals surface area contributed by atoms with Crippen molar-refractivity contribution in [1.29, 1.82) is 5.26 Å². The van der Waals surface area contributed by atoms with Gasteiger partial charge in [-0.3, -0.25) is 4.79 Å². The minimum atomic E-state index is -0.251. The Bertz CT molecular complexity index is 443. The summed E-state index contributed by atoms with van der Waals surface area (Å²) in [5.41, 5.74) is 0.807. The minimum Gasteiger partial charge on any atom is -0.346 e. The van der Waals surface area contributed by atoms with Crippen LogP contribution in [0.25, 0.3) is 0 Å². The number of benzene rings is 1.